The Kier molecular flexibility index (Phi) is 5.17. The van der Waals surface area contributed by atoms with Gasteiger partial charge in [0.15, 0.2) is 11.2 Å². The van der Waals surface area contributed by atoms with Crippen LogP contribution in [0.3, 0.4) is 0 Å². The molecule has 1 aliphatic heterocycles. The van der Waals surface area contributed by atoms with Crippen LogP contribution in [0.15, 0.2) is 33.9 Å². The minimum atomic E-state index is -0.346. The van der Waals surface area contributed by atoms with Crippen LogP contribution in [0.2, 0.25) is 0 Å². The van der Waals surface area contributed by atoms with Crippen molar-refractivity contribution in [2.75, 3.05) is 13.1 Å². The second kappa shape index (κ2) is 7.63. The minimum Gasteiger partial charge on any atom is -0.317 e. The third-order valence-corrected chi connectivity index (χ3v) is 5.96. The first-order valence-electron chi connectivity index (χ1n) is 10.3. The lowest BCUT2D eigenvalue weighted by Gasteiger charge is -2.30. The maximum atomic E-state index is 13.0. The third-order valence-electron chi connectivity index (χ3n) is 5.96. The summed E-state index contributed by atoms with van der Waals surface area (Å²) < 4.78 is 4.65. The molecule has 0 bridgehead atoms. The van der Waals surface area contributed by atoms with E-state index in [1.54, 1.807) is 7.05 Å². The molecule has 1 aromatic carbocycles. The van der Waals surface area contributed by atoms with Crippen molar-refractivity contribution in [3.05, 3.63) is 62.1 Å². The summed E-state index contributed by atoms with van der Waals surface area (Å²) in [5.74, 6) is 1.50. The van der Waals surface area contributed by atoms with E-state index in [0.29, 0.717) is 30.2 Å². The van der Waals surface area contributed by atoms with E-state index in [1.165, 1.54) is 34.6 Å². The summed E-state index contributed by atoms with van der Waals surface area (Å²) in [6.45, 7) is 7.65. The van der Waals surface area contributed by atoms with Gasteiger partial charge in [-0.1, -0.05) is 36.8 Å². The Morgan fingerprint density at radius 2 is 1.93 bits per heavy atom. The number of benzene rings is 1. The molecule has 154 valence electrons. The zero-order chi connectivity index (χ0) is 20.7. The second-order valence-electron chi connectivity index (χ2n) is 8.46. The third kappa shape index (κ3) is 3.67. The van der Waals surface area contributed by atoms with E-state index in [0.717, 1.165) is 24.5 Å². The van der Waals surface area contributed by atoms with Crippen LogP contribution in [0.5, 0.6) is 0 Å². The number of hydrogen-bond acceptors (Lipinski definition) is 4. The predicted molar refractivity (Wildman–Crippen MR) is 114 cm³/mol. The molecule has 29 heavy (non-hydrogen) atoms. The van der Waals surface area contributed by atoms with Crippen LogP contribution in [0.4, 0.5) is 0 Å². The molecule has 1 atom stereocenters. The molecule has 0 amide bonds. The Balaban J connectivity index is 1.86. The van der Waals surface area contributed by atoms with Crippen LogP contribution in [0.25, 0.3) is 11.2 Å². The Morgan fingerprint density at radius 1 is 1.14 bits per heavy atom. The highest BCUT2D eigenvalue weighted by atomic mass is 16.2. The fourth-order valence-electron chi connectivity index (χ4n) is 4.41. The molecular formula is C22H29N5O2. The Hall–Kier alpha value is -2.67. The molecule has 0 saturated carbocycles. The molecule has 7 heteroatoms. The number of piperidine rings is 1. The smallest absolute Gasteiger partial charge is 0.317 e. The molecule has 0 spiro atoms. The second-order valence-corrected chi connectivity index (χ2v) is 8.46. The van der Waals surface area contributed by atoms with Crippen molar-refractivity contribution >= 4 is 11.2 Å². The van der Waals surface area contributed by atoms with Crippen LogP contribution in [-0.2, 0) is 27.2 Å². The zero-order valence-electron chi connectivity index (χ0n) is 17.7. The Labute approximate surface area is 170 Å². The van der Waals surface area contributed by atoms with Crippen LogP contribution >= 0.6 is 0 Å². The van der Waals surface area contributed by atoms with Crippen LogP contribution in [-0.4, -0.2) is 36.7 Å². The molecule has 4 rings (SSSR count). The van der Waals surface area contributed by atoms with Gasteiger partial charge in [-0.2, -0.15) is 0 Å². The van der Waals surface area contributed by atoms with E-state index in [2.05, 4.69) is 36.9 Å². The number of imidazole rings is 1. The Morgan fingerprint density at radius 3 is 2.66 bits per heavy atom. The van der Waals surface area contributed by atoms with Gasteiger partial charge in [0.2, 0.25) is 0 Å². The van der Waals surface area contributed by atoms with Crippen molar-refractivity contribution < 1.29 is 0 Å². The number of nitrogens with zero attached hydrogens (tertiary/aromatic N) is 5. The molecular weight excluding hydrogens is 366 g/mol. The molecule has 0 aliphatic carbocycles. The van der Waals surface area contributed by atoms with Crippen LogP contribution in [0, 0.1) is 12.8 Å². The number of rotatable bonds is 4. The summed E-state index contributed by atoms with van der Waals surface area (Å²) in [5.41, 5.74) is 2.62. The summed E-state index contributed by atoms with van der Waals surface area (Å²) >= 11 is 0. The summed E-state index contributed by atoms with van der Waals surface area (Å²) in [5, 5.41) is 0. The van der Waals surface area contributed by atoms with Crippen molar-refractivity contribution in [1.82, 2.24) is 23.6 Å². The average Bonchev–Trinajstić information content (AvgIpc) is 3.03. The molecule has 7 nitrogen and oxygen atoms in total. The van der Waals surface area contributed by atoms with Crippen molar-refractivity contribution in [2.24, 2.45) is 20.0 Å². The molecule has 3 aromatic rings. The summed E-state index contributed by atoms with van der Waals surface area (Å²) in [6, 6.07) is 8.29. The number of aryl methyl sites for hydroxylation is 2. The monoisotopic (exact) mass is 395 g/mol. The average molecular weight is 396 g/mol. The lowest BCUT2D eigenvalue weighted by Crippen LogP contribution is -2.37. The lowest BCUT2D eigenvalue weighted by atomic mass is 10.0. The summed E-state index contributed by atoms with van der Waals surface area (Å²) in [6.07, 6.45) is 2.44. The van der Waals surface area contributed by atoms with E-state index in [4.69, 9.17) is 4.98 Å². The van der Waals surface area contributed by atoms with Gasteiger partial charge < -0.3 is 4.57 Å². The van der Waals surface area contributed by atoms with Gasteiger partial charge in [0.05, 0.1) is 6.54 Å². The van der Waals surface area contributed by atoms with Crippen LogP contribution < -0.4 is 11.2 Å². The van der Waals surface area contributed by atoms with Crippen LogP contribution in [0.1, 0.15) is 36.7 Å². The van der Waals surface area contributed by atoms with Gasteiger partial charge in [-0.25, -0.2) is 9.78 Å². The first kappa shape index (κ1) is 19.6. The normalized spacial score (nSPS) is 17.9. The maximum absolute atomic E-state index is 13.0. The molecule has 1 saturated heterocycles. The molecule has 1 fully saturated rings. The molecule has 1 aliphatic rings. The van der Waals surface area contributed by atoms with Gasteiger partial charge in [-0.3, -0.25) is 18.8 Å². The maximum Gasteiger partial charge on any atom is 0.332 e. The van der Waals surface area contributed by atoms with Crippen molar-refractivity contribution in [3.63, 3.8) is 0 Å². The van der Waals surface area contributed by atoms with Gasteiger partial charge in [0, 0.05) is 27.2 Å². The number of aromatic nitrogens is 4. The highest BCUT2D eigenvalue weighted by Crippen LogP contribution is 2.20. The number of hydrogen-bond donors (Lipinski definition) is 0. The van der Waals surface area contributed by atoms with E-state index < -0.39 is 0 Å². The highest BCUT2D eigenvalue weighted by Gasteiger charge is 2.23. The number of likely N-dealkylation sites (tertiary alicyclic amines) is 1. The quantitative estimate of drug-likeness (QED) is 0.678. The van der Waals surface area contributed by atoms with Gasteiger partial charge in [-0.15, -0.1) is 0 Å². The summed E-state index contributed by atoms with van der Waals surface area (Å²) in [7, 11) is 3.21. The van der Waals surface area contributed by atoms with E-state index in [1.807, 2.05) is 10.6 Å². The van der Waals surface area contributed by atoms with E-state index in [9.17, 15) is 9.59 Å². The van der Waals surface area contributed by atoms with E-state index >= 15 is 0 Å². The van der Waals surface area contributed by atoms with Crippen molar-refractivity contribution in [1.29, 1.82) is 0 Å². The fourth-order valence-corrected chi connectivity index (χ4v) is 4.41. The molecule has 0 radical (unpaired) electrons. The van der Waals surface area contributed by atoms with Crippen molar-refractivity contribution in [2.45, 2.75) is 39.8 Å². The molecule has 3 heterocycles. The van der Waals surface area contributed by atoms with Gasteiger partial charge >= 0.3 is 5.69 Å². The largest absolute Gasteiger partial charge is 0.332 e. The lowest BCUT2D eigenvalue weighted by molar-refractivity contribution is 0.171. The van der Waals surface area contributed by atoms with Gasteiger partial charge in [0.25, 0.3) is 5.56 Å². The first-order valence-corrected chi connectivity index (χ1v) is 10.3. The summed E-state index contributed by atoms with van der Waals surface area (Å²) in [4.78, 5) is 32.6. The first-order chi connectivity index (χ1) is 13.8. The predicted octanol–water partition coefficient (Wildman–Crippen LogP) is 2.02. The minimum absolute atomic E-state index is 0.290. The molecule has 1 unspecified atom stereocenters. The van der Waals surface area contributed by atoms with Gasteiger partial charge in [-0.05, 0) is 37.8 Å². The standard InChI is InChI=1S/C22H29N5O2/c1-15-7-5-9-17(11-15)13-27-18(14-26-10-6-8-16(2)12-26)23-20-19(27)21(28)25(4)22(29)24(20)3/h5,7,9,11,16H,6,8,10,12-14H2,1-4H3. The molecule has 2 aromatic heterocycles. The number of fused-ring (bicyclic) bond motifs is 1. The SMILES string of the molecule is Cc1cccc(Cn2c(CN3CCCC(C)C3)nc3c2c(=O)n(C)c(=O)n3C)c1. The zero-order valence-corrected chi connectivity index (χ0v) is 17.7. The van der Waals surface area contributed by atoms with Crippen molar-refractivity contribution in [3.8, 4) is 0 Å². The Bertz CT molecular complexity index is 1170. The highest BCUT2D eigenvalue weighted by molar-refractivity contribution is 5.71. The van der Waals surface area contributed by atoms with E-state index in [-0.39, 0.29) is 11.2 Å². The topological polar surface area (TPSA) is 65.1 Å². The fraction of sp³-hybridized carbons (Fsp3) is 0.500. The van der Waals surface area contributed by atoms with Gasteiger partial charge in [0.1, 0.15) is 5.82 Å². The molecule has 0 N–H and O–H groups in total.